The molecule has 0 aliphatic heterocycles. The summed E-state index contributed by atoms with van der Waals surface area (Å²) in [7, 11) is 0. The molecule has 5 rings (SSSR count). The van der Waals surface area contributed by atoms with Crippen LogP contribution in [-0.4, -0.2) is 19.9 Å². The summed E-state index contributed by atoms with van der Waals surface area (Å²) in [5.41, 5.74) is 6.22. The molecule has 1 N–H and O–H groups in total. The Hall–Kier alpha value is -4.18. The number of hydrogen-bond acceptors (Lipinski definition) is 3. The van der Waals surface area contributed by atoms with Gasteiger partial charge in [0.1, 0.15) is 0 Å². The first kappa shape index (κ1) is 17.9. The molecule has 0 saturated heterocycles. The fourth-order valence-corrected chi connectivity index (χ4v) is 3.53. The van der Waals surface area contributed by atoms with Gasteiger partial charge in [0.15, 0.2) is 5.82 Å². The van der Waals surface area contributed by atoms with Crippen LogP contribution in [0.15, 0.2) is 109 Å². The standard InChI is InChI=1S/C26H19N3O/c30-26-18-24(28-29(26)25-14-4-5-15-27-25)23-13-7-12-22(17-23)21-11-6-10-20(16-21)19-8-2-1-3-9-19/h1-18,30H. The number of hydrogen-bond donors (Lipinski definition) is 1. The molecule has 2 aromatic heterocycles. The molecule has 0 saturated carbocycles. The van der Waals surface area contributed by atoms with Crippen molar-refractivity contribution < 1.29 is 5.11 Å². The Bertz CT molecular complexity index is 1290. The van der Waals surface area contributed by atoms with Gasteiger partial charge in [-0.15, -0.1) is 0 Å². The van der Waals surface area contributed by atoms with E-state index in [0.29, 0.717) is 11.5 Å². The summed E-state index contributed by atoms with van der Waals surface area (Å²) in [6, 6.07) is 34.2. The van der Waals surface area contributed by atoms with E-state index in [9.17, 15) is 5.11 Å². The quantitative estimate of drug-likeness (QED) is 0.412. The van der Waals surface area contributed by atoms with Crippen LogP contribution in [0.3, 0.4) is 0 Å². The van der Waals surface area contributed by atoms with Crippen molar-refractivity contribution in [2.75, 3.05) is 0 Å². The van der Waals surface area contributed by atoms with Crippen molar-refractivity contribution in [3.63, 3.8) is 0 Å². The van der Waals surface area contributed by atoms with Gasteiger partial charge in [0.05, 0.1) is 5.69 Å². The summed E-state index contributed by atoms with van der Waals surface area (Å²) in [4.78, 5) is 4.26. The maximum absolute atomic E-state index is 10.4. The van der Waals surface area contributed by atoms with Gasteiger partial charge < -0.3 is 5.11 Å². The van der Waals surface area contributed by atoms with E-state index in [4.69, 9.17) is 0 Å². The molecule has 0 atom stereocenters. The topological polar surface area (TPSA) is 50.9 Å². The first-order chi connectivity index (χ1) is 14.8. The summed E-state index contributed by atoms with van der Waals surface area (Å²) >= 11 is 0. The Kier molecular flexibility index (Phi) is 4.58. The van der Waals surface area contributed by atoms with Crippen molar-refractivity contribution in [1.29, 1.82) is 0 Å². The molecule has 0 aliphatic carbocycles. The largest absolute Gasteiger partial charge is 0.493 e. The Morgan fingerprint density at radius 1 is 0.567 bits per heavy atom. The summed E-state index contributed by atoms with van der Waals surface area (Å²) < 4.78 is 1.44. The van der Waals surface area contributed by atoms with Gasteiger partial charge in [-0.3, -0.25) is 0 Å². The molecule has 0 unspecified atom stereocenters. The molecule has 4 nitrogen and oxygen atoms in total. The minimum atomic E-state index is 0.0557. The highest BCUT2D eigenvalue weighted by atomic mass is 16.3. The van der Waals surface area contributed by atoms with Gasteiger partial charge in [-0.05, 0) is 46.5 Å². The number of nitrogens with zero attached hydrogens (tertiary/aromatic N) is 3. The predicted octanol–water partition coefficient (Wildman–Crippen LogP) is 5.97. The molecule has 0 aliphatic rings. The summed E-state index contributed by atoms with van der Waals surface area (Å²) in [6.07, 6.45) is 1.68. The molecule has 0 amide bonds. The average Bonchev–Trinajstić information content (AvgIpc) is 3.22. The zero-order valence-corrected chi connectivity index (χ0v) is 16.2. The minimum Gasteiger partial charge on any atom is -0.493 e. The molecule has 0 bridgehead atoms. The van der Waals surface area contributed by atoms with Crippen LogP contribution in [0, 0.1) is 0 Å². The lowest BCUT2D eigenvalue weighted by atomic mass is 9.97. The van der Waals surface area contributed by atoms with Crippen LogP contribution in [0.4, 0.5) is 0 Å². The van der Waals surface area contributed by atoms with Crippen LogP contribution in [0.2, 0.25) is 0 Å². The Balaban J connectivity index is 1.52. The third kappa shape index (κ3) is 3.47. The predicted molar refractivity (Wildman–Crippen MR) is 119 cm³/mol. The molecule has 0 spiro atoms. The molecule has 0 fully saturated rings. The molecule has 144 valence electrons. The molecule has 0 radical (unpaired) electrons. The number of pyridine rings is 1. The van der Waals surface area contributed by atoms with E-state index in [1.165, 1.54) is 15.8 Å². The van der Waals surface area contributed by atoms with Gasteiger partial charge in [0.25, 0.3) is 0 Å². The van der Waals surface area contributed by atoms with E-state index in [-0.39, 0.29) is 5.88 Å². The molecular formula is C26H19N3O. The molecule has 4 heteroatoms. The van der Waals surface area contributed by atoms with E-state index in [1.54, 1.807) is 12.3 Å². The van der Waals surface area contributed by atoms with Gasteiger partial charge in [-0.2, -0.15) is 9.78 Å². The van der Waals surface area contributed by atoms with Crippen molar-refractivity contribution >= 4 is 0 Å². The second-order valence-corrected chi connectivity index (χ2v) is 7.02. The van der Waals surface area contributed by atoms with Crippen LogP contribution < -0.4 is 0 Å². The van der Waals surface area contributed by atoms with E-state index in [2.05, 4.69) is 58.6 Å². The van der Waals surface area contributed by atoms with Crippen LogP contribution in [0.25, 0.3) is 39.3 Å². The molecule has 30 heavy (non-hydrogen) atoms. The number of aromatic nitrogens is 3. The SMILES string of the molecule is Oc1cc(-c2cccc(-c3cccc(-c4ccccc4)c3)c2)nn1-c1ccccn1. The van der Waals surface area contributed by atoms with Crippen molar-refractivity contribution in [1.82, 2.24) is 14.8 Å². The lowest BCUT2D eigenvalue weighted by molar-refractivity contribution is 0.432. The molecular weight excluding hydrogens is 370 g/mol. The van der Waals surface area contributed by atoms with Gasteiger partial charge in [-0.1, -0.05) is 72.8 Å². The Morgan fingerprint density at radius 2 is 1.17 bits per heavy atom. The third-order valence-corrected chi connectivity index (χ3v) is 5.02. The maximum atomic E-state index is 10.4. The Labute approximate surface area is 174 Å². The molecule has 3 aromatic carbocycles. The van der Waals surface area contributed by atoms with Crippen molar-refractivity contribution in [3.8, 4) is 45.2 Å². The fourth-order valence-electron chi connectivity index (χ4n) is 3.53. The fraction of sp³-hybridized carbons (Fsp3) is 0. The highest BCUT2D eigenvalue weighted by Gasteiger charge is 2.12. The lowest BCUT2D eigenvalue weighted by Crippen LogP contribution is -1.98. The van der Waals surface area contributed by atoms with Crippen molar-refractivity contribution in [3.05, 3.63) is 109 Å². The first-order valence-electron chi connectivity index (χ1n) is 9.75. The minimum absolute atomic E-state index is 0.0557. The van der Waals surface area contributed by atoms with Crippen LogP contribution in [0.5, 0.6) is 5.88 Å². The second-order valence-electron chi connectivity index (χ2n) is 7.02. The number of rotatable bonds is 4. The lowest BCUT2D eigenvalue weighted by Gasteiger charge is -2.07. The van der Waals surface area contributed by atoms with Crippen LogP contribution >= 0.6 is 0 Å². The first-order valence-corrected chi connectivity index (χ1v) is 9.75. The molecule has 5 aromatic rings. The highest BCUT2D eigenvalue weighted by molar-refractivity contribution is 5.76. The average molecular weight is 389 g/mol. The van der Waals surface area contributed by atoms with Crippen LogP contribution in [0.1, 0.15) is 0 Å². The second kappa shape index (κ2) is 7.68. The van der Waals surface area contributed by atoms with Gasteiger partial charge in [0.2, 0.25) is 5.88 Å². The van der Waals surface area contributed by atoms with E-state index in [0.717, 1.165) is 16.7 Å². The summed E-state index contributed by atoms with van der Waals surface area (Å²) in [5, 5.41) is 14.9. The summed E-state index contributed by atoms with van der Waals surface area (Å²) in [5.74, 6) is 0.633. The normalized spacial score (nSPS) is 10.8. The number of benzene rings is 3. The molecule has 2 heterocycles. The summed E-state index contributed by atoms with van der Waals surface area (Å²) in [6.45, 7) is 0. The Morgan fingerprint density at radius 3 is 1.87 bits per heavy atom. The number of aromatic hydroxyl groups is 1. The monoisotopic (exact) mass is 389 g/mol. The smallest absolute Gasteiger partial charge is 0.216 e. The van der Waals surface area contributed by atoms with Crippen molar-refractivity contribution in [2.45, 2.75) is 0 Å². The van der Waals surface area contributed by atoms with E-state index >= 15 is 0 Å². The van der Waals surface area contributed by atoms with Gasteiger partial charge in [-0.25, -0.2) is 4.98 Å². The van der Waals surface area contributed by atoms with Crippen LogP contribution in [-0.2, 0) is 0 Å². The third-order valence-electron chi connectivity index (χ3n) is 5.02. The van der Waals surface area contributed by atoms with E-state index in [1.807, 2.05) is 48.5 Å². The zero-order chi connectivity index (χ0) is 20.3. The maximum Gasteiger partial charge on any atom is 0.216 e. The zero-order valence-electron chi connectivity index (χ0n) is 16.2. The van der Waals surface area contributed by atoms with Crippen molar-refractivity contribution in [2.24, 2.45) is 0 Å². The van der Waals surface area contributed by atoms with Gasteiger partial charge >= 0.3 is 0 Å². The van der Waals surface area contributed by atoms with E-state index < -0.39 is 0 Å². The highest BCUT2D eigenvalue weighted by Crippen LogP contribution is 2.30. The van der Waals surface area contributed by atoms with Gasteiger partial charge in [0, 0.05) is 17.8 Å².